The number of rotatable bonds is 7. The van der Waals surface area contributed by atoms with Crippen LogP contribution in [0.4, 0.5) is 4.79 Å². The molecule has 3 aliphatic rings. The highest BCUT2D eigenvalue weighted by molar-refractivity contribution is 5.68. The minimum absolute atomic E-state index is 0.0578. The van der Waals surface area contributed by atoms with Crippen LogP contribution in [0.2, 0.25) is 0 Å². The fourth-order valence-corrected chi connectivity index (χ4v) is 5.97. The van der Waals surface area contributed by atoms with Crippen molar-refractivity contribution in [2.75, 3.05) is 26.3 Å². The van der Waals surface area contributed by atoms with Gasteiger partial charge in [-0.15, -0.1) is 0 Å². The number of aliphatic hydroxyl groups excluding tert-OH is 1. The van der Waals surface area contributed by atoms with Gasteiger partial charge in [0.1, 0.15) is 22.7 Å². The predicted molar refractivity (Wildman–Crippen MR) is 152 cm³/mol. The second-order valence-corrected chi connectivity index (χ2v) is 14.0. The molecule has 0 bridgehead atoms. The molecule has 5 atom stereocenters. The van der Waals surface area contributed by atoms with Crippen LogP contribution in [0.5, 0.6) is 11.5 Å². The molecular formula is C32H49NO6. The van der Waals surface area contributed by atoms with Gasteiger partial charge in [0.15, 0.2) is 0 Å². The molecule has 7 heteroatoms. The molecule has 1 aromatic rings. The molecule has 1 aromatic carbocycles. The first kappa shape index (κ1) is 29.7. The lowest BCUT2D eigenvalue weighted by Gasteiger charge is -2.54. The van der Waals surface area contributed by atoms with Crippen LogP contribution in [-0.4, -0.2) is 59.7 Å². The molecule has 3 heterocycles. The van der Waals surface area contributed by atoms with Crippen molar-refractivity contribution in [2.45, 2.75) is 104 Å². The van der Waals surface area contributed by atoms with Crippen LogP contribution in [0.1, 0.15) is 92.7 Å². The van der Waals surface area contributed by atoms with Gasteiger partial charge >= 0.3 is 6.09 Å². The Labute approximate surface area is 234 Å². The molecular weight excluding hydrogens is 494 g/mol. The van der Waals surface area contributed by atoms with E-state index in [0.29, 0.717) is 19.7 Å². The fraction of sp³-hybridized carbons (Fsp3) is 0.719. The Morgan fingerprint density at radius 2 is 1.97 bits per heavy atom. The van der Waals surface area contributed by atoms with Gasteiger partial charge in [-0.25, -0.2) is 4.79 Å². The molecule has 2 saturated heterocycles. The van der Waals surface area contributed by atoms with Crippen molar-refractivity contribution in [3.63, 3.8) is 0 Å². The zero-order valence-corrected chi connectivity index (χ0v) is 25.2. The molecule has 3 aliphatic heterocycles. The summed E-state index contributed by atoms with van der Waals surface area (Å²) in [6.45, 7) is 17.9. The average molecular weight is 544 g/mol. The first-order valence-corrected chi connectivity index (χ1v) is 14.5. The van der Waals surface area contributed by atoms with Gasteiger partial charge in [0.25, 0.3) is 0 Å². The summed E-state index contributed by atoms with van der Waals surface area (Å²) in [6.07, 6.45) is 5.54. The fourth-order valence-electron chi connectivity index (χ4n) is 5.97. The molecule has 0 aromatic heterocycles. The van der Waals surface area contributed by atoms with E-state index >= 15 is 0 Å². The Hall–Kier alpha value is -2.25. The molecule has 2 fully saturated rings. The summed E-state index contributed by atoms with van der Waals surface area (Å²) in [5.41, 5.74) is 1.10. The largest absolute Gasteiger partial charge is 0.493 e. The summed E-state index contributed by atoms with van der Waals surface area (Å²) in [5, 5.41) is 9.64. The van der Waals surface area contributed by atoms with E-state index < -0.39 is 11.2 Å². The first-order chi connectivity index (χ1) is 18.2. The third-order valence-electron chi connectivity index (χ3n) is 8.23. The van der Waals surface area contributed by atoms with Crippen molar-refractivity contribution in [1.29, 1.82) is 0 Å². The van der Waals surface area contributed by atoms with Crippen molar-refractivity contribution < 1.29 is 28.8 Å². The Bertz CT molecular complexity index is 1060. The van der Waals surface area contributed by atoms with Crippen LogP contribution in [0.3, 0.4) is 0 Å². The number of ether oxygens (including phenoxy) is 4. The second kappa shape index (κ2) is 11.3. The van der Waals surface area contributed by atoms with E-state index in [1.807, 2.05) is 51.7 Å². The number of carbonyl (C=O) groups excluding carboxylic acids is 1. The molecule has 0 saturated carbocycles. The van der Waals surface area contributed by atoms with Crippen molar-refractivity contribution >= 4 is 6.09 Å². The van der Waals surface area contributed by atoms with E-state index in [0.717, 1.165) is 42.7 Å². The number of hydrogen-bond donors (Lipinski definition) is 1. The molecule has 7 nitrogen and oxygen atoms in total. The lowest BCUT2D eigenvalue weighted by Crippen LogP contribution is -2.57. The number of aliphatic hydroxyl groups is 1. The van der Waals surface area contributed by atoms with Gasteiger partial charge in [0.2, 0.25) is 0 Å². The van der Waals surface area contributed by atoms with Gasteiger partial charge in [0.05, 0.1) is 25.4 Å². The molecule has 4 rings (SSSR count). The van der Waals surface area contributed by atoms with Crippen molar-refractivity contribution in [2.24, 2.45) is 17.3 Å². The van der Waals surface area contributed by atoms with E-state index in [-0.39, 0.29) is 42.2 Å². The number of piperidine rings is 1. The monoisotopic (exact) mass is 543 g/mol. The third-order valence-corrected chi connectivity index (χ3v) is 8.23. The normalized spacial score (nSPS) is 28.4. The Balaban J connectivity index is 1.59. The van der Waals surface area contributed by atoms with Crippen LogP contribution in [0, 0.1) is 17.3 Å². The molecule has 0 unspecified atom stereocenters. The van der Waals surface area contributed by atoms with Crippen LogP contribution < -0.4 is 9.47 Å². The van der Waals surface area contributed by atoms with Crippen LogP contribution in [-0.2, 0) is 9.47 Å². The molecule has 0 radical (unpaired) electrons. The van der Waals surface area contributed by atoms with Gasteiger partial charge in [-0.05, 0) is 85.4 Å². The molecule has 218 valence electrons. The number of allylic oxidation sites excluding steroid dienone is 2. The van der Waals surface area contributed by atoms with E-state index in [9.17, 15) is 9.90 Å². The van der Waals surface area contributed by atoms with E-state index in [1.54, 1.807) is 0 Å². The third kappa shape index (κ3) is 7.10. The van der Waals surface area contributed by atoms with Crippen LogP contribution >= 0.6 is 0 Å². The average Bonchev–Trinajstić information content (AvgIpc) is 2.85. The summed E-state index contributed by atoms with van der Waals surface area (Å²) in [6, 6.07) is 6.02. The number of hydrogen-bond acceptors (Lipinski definition) is 6. The lowest BCUT2D eigenvalue weighted by atomic mass is 9.68. The maximum Gasteiger partial charge on any atom is 0.410 e. The Morgan fingerprint density at radius 3 is 2.64 bits per heavy atom. The zero-order valence-electron chi connectivity index (χ0n) is 25.2. The number of likely N-dealkylation sites (tertiary alicyclic amines) is 1. The van der Waals surface area contributed by atoms with Crippen molar-refractivity contribution in [3.05, 3.63) is 35.4 Å². The summed E-state index contributed by atoms with van der Waals surface area (Å²) < 4.78 is 25.5. The Kier molecular flexibility index (Phi) is 8.63. The number of benzene rings is 1. The molecule has 0 aliphatic carbocycles. The highest BCUT2D eigenvalue weighted by Gasteiger charge is 2.53. The maximum absolute atomic E-state index is 12.9. The highest BCUT2D eigenvalue weighted by Crippen LogP contribution is 2.55. The zero-order chi connectivity index (χ0) is 28.6. The van der Waals surface area contributed by atoms with E-state index in [1.165, 1.54) is 5.57 Å². The number of amides is 1. The minimum atomic E-state index is -0.515. The maximum atomic E-state index is 12.9. The SMILES string of the molecule is CC(C)=CCC[C@@]1(C)Oc2ccc(OCC(C)(C)CO)cc2[C@H]2O[C@H]3CCN(C(=O)OC(C)(C)C)C[C@@H]3C[C@@H]21. The molecule has 39 heavy (non-hydrogen) atoms. The van der Waals surface area contributed by atoms with Crippen molar-refractivity contribution in [3.8, 4) is 11.5 Å². The summed E-state index contributed by atoms with van der Waals surface area (Å²) in [7, 11) is 0. The topological polar surface area (TPSA) is 77.5 Å². The lowest BCUT2D eigenvalue weighted by molar-refractivity contribution is -0.191. The smallest absolute Gasteiger partial charge is 0.410 e. The van der Waals surface area contributed by atoms with Crippen LogP contribution in [0.25, 0.3) is 0 Å². The van der Waals surface area contributed by atoms with Gasteiger partial charge in [-0.2, -0.15) is 0 Å². The number of carbonyl (C=O) groups is 1. The predicted octanol–water partition coefficient (Wildman–Crippen LogP) is 6.68. The van der Waals surface area contributed by atoms with Crippen LogP contribution in [0.15, 0.2) is 29.8 Å². The number of nitrogens with zero attached hydrogens (tertiary/aromatic N) is 1. The summed E-state index contributed by atoms with van der Waals surface area (Å²) in [4.78, 5) is 14.7. The molecule has 1 N–H and O–H groups in total. The van der Waals surface area contributed by atoms with Gasteiger partial charge in [0, 0.05) is 35.9 Å². The van der Waals surface area contributed by atoms with Gasteiger partial charge < -0.3 is 29.0 Å². The quantitative estimate of drug-likeness (QED) is 0.386. The second-order valence-electron chi connectivity index (χ2n) is 14.0. The summed E-state index contributed by atoms with van der Waals surface area (Å²) in [5.74, 6) is 1.98. The van der Waals surface area contributed by atoms with Crippen molar-refractivity contribution in [1.82, 2.24) is 4.90 Å². The molecule has 1 amide bonds. The molecule has 0 spiro atoms. The minimum Gasteiger partial charge on any atom is -0.493 e. The van der Waals surface area contributed by atoms with Gasteiger partial charge in [-0.1, -0.05) is 25.5 Å². The van der Waals surface area contributed by atoms with E-state index in [2.05, 4.69) is 32.9 Å². The summed E-state index contributed by atoms with van der Waals surface area (Å²) >= 11 is 0. The Morgan fingerprint density at radius 1 is 1.23 bits per heavy atom. The standard InChI is InChI=1S/C32H49NO6/c1-21(2)10-9-14-32(8)25-16-22-18-33(29(35)39-30(3,4)5)15-13-26(22)37-28(25)24-17-23(11-12-27(24)38-32)36-20-31(6,7)19-34/h10-12,17,22,25-26,28,34H,9,13-16,18-20H2,1-8H3/t22-,25-,26-,28+,32+/m0/s1. The highest BCUT2D eigenvalue weighted by atomic mass is 16.6. The van der Waals surface area contributed by atoms with Gasteiger partial charge in [-0.3, -0.25) is 0 Å². The first-order valence-electron chi connectivity index (χ1n) is 14.5. The van der Waals surface area contributed by atoms with E-state index in [4.69, 9.17) is 18.9 Å². The number of fused-ring (bicyclic) bond motifs is 4.